The number of rotatable bonds is 2. The third-order valence-electron chi connectivity index (χ3n) is 3.25. The van der Waals surface area contributed by atoms with Gasteiger partial charge in [-0.15, -0.1) is 0 Å². The van der Waals surface area contributed by atoms with E-state index in [1.54, 1.807) is 0 Å². The lowest BCUT2D eigenvalue weighted by atomic mass is 9.97. The monoisotopic (exact) mass is 209 g/mol. The normalized spacial score (nSPS) is 31.8. The Morgan fingerprint density at radius 2 is 1.93 bits per heavy atom. The minimum atomic E-state index is -0.0954. The molecule has 3 heteroatoms. The second-order valence-electron chi connectivity index (χ2n) is 4.59. The van der Waals surface area contributed by atoms with Gasteiger partial charge in [-0.1, -0.05) is 18.6 Å². The maximum Gasteiger partial charge on any atom is 0.313 e. The molecule has 2 rings (SSSR count). The molecular weight excluding hydrogens is 190 g/mol. The maximum absolute atomic E-state index is 11.7. The van der Waals surface area contributed by atoms with E-state index in [0.717, 1.165) is 12.8 Å². The summed E-state index contributed by atoms with van der Waals surface area (Å²) in [4.78, 5) is 11.7. The lowest BCUT2D eigenvalue weighted by Crippen LogP contribution is -2.26. The van der Waals surface area contributed by atoms with Crippen LogP contribution in [0.2, 0.25) is 0 Å². The van der Waals surface area contributed by atoms with Gasteiger partial charge in [-0.3, -0.25) is 4.79 Å². The summed E-state index contributed by atoms with van der Waals surface area (Å²) in [6.45, 7) is 0. The van der Waals surface area contributed by atoms with Gasteiger partial charge in [0, 0.05) is 6.04 Å². The van der Waals surface area contributed by atoms with E-state index in [1.807, 2.05) is 12.2 Å². The maximum atomic E-state index is 11.7. The summed E-state index contributed by atoms with van der Waals surface area (Å²) in [6, 6.07) is 0.0360. The molecule has 2 N–H and O–H groups in total. The first kappa shape index (κ1) is 10.7. The van der Waals surface area contributed by atoms with Crippen molar-refractivity contribution in [3.05, 3.63) is 12.2 Å². The largest absolute Gasteiger partial charge is 0.462 e. The Morgan fingerprint density at radius 1 is 1.20 bits per heavy atom. The van der Waals surface area contributed by atoms with Gasteiger partial charge in [0.2, 0.25) is 0 Å². The molecule has 3 nitrogen and oxygen atoms in total. The average molecular weight is 209 g/mol. The lowest BCUT2D eigenvalue weighted by molar-refractivity contribution is -0.153. The summed E-state index contributed by atoms with van der Waals surface area (Å²) >= 11 is 0. The summed E-state index contributed by atoms with van der Waals surface area (Å²) < 4.78 is 5.48. The quantitative estimate of drug-likeness (QED) is 0.557. The van der Waals surface area contributed by atoms with Gasteiger partial charge in [-0.2, -0.15) is 0 Å². The van der Waals surface area contributed by atoms with Crippen molar-refractivity contribution in [3.8, 4) is 0 Å². The van der Waals surface area contributed by atoms with E-state index in [1.165, 1.54) is 19.3 Å². The molecule has 0 aromatic carbocycles. The number of nitrogens with two attached hydrogens (primary N) is 1. The molecular formula is C12H19NO2. The molecule has 0 aromatic heterocycles. The van der Waals surface area contributed by atoms with Gasteiger partial charge in [0.05, 0.1) is 5.92 Å². The number of carbonyl (C=O) groups excluding carboxylic acids is 1. The fourth-order valence-electron chi connectivity index (χ4n) is 2.34. The predicted octanol–water partition coefficient (Wildman–Crippen LogP) is 1.77. The van der Waals surface area contributed by atoms with Crippen molar-refractivity contribution in [1.82, 2.24) is 0 Å². The first-order chi connectivity index (χ1) is 7.25. The van der Waals surface area contributed by atoms with E-state index in [9.17, 15) is 4.79 Å². The molecule has 0 aromatic rings. The minimum Gasteiger partial charge on any atom is -0.462 e. The Bertz CT molecular complexity index is 256. The fourth-order valence-corrected chi connectivity index (χ4v) is 2.34. The van der Waals surface area contributed by atoms with Gasteiger partial charge in [0.15, 0.2) is 0 Å². The van der Waals surface area contributed by atoms with E-state index in [-0.39, 0.29) is 24.0 Å². The third kappa shape index (κ3) is 2.81. The van der Waals surface area contributed by atoms with Crippen LogP contribution in [-0.2, 0) is 9.53 Å². The van der Waals surface area contributed by atoms with Crippen LogP contribution < -0.4 is 5.73 Å². The van der Waals surface area contributed by atoms with Crippen LogP contribution >= 0.6 is 0 Å². The molecule has 2 atom stereocenters. The molecule has 0 spiro atoms. The van der Waals surface area contributed by atoms with Crippen LogP contribution in [0.3, 0.4) is 0 Å². The number of hydrogen-bond acceptors (Lipinski definition) is 3. The summed E-state index contributed by atoms with van der Waals surface area (Å²) in [5.74, 6) is -0.173. The van der Waals surface area contributed by atoms with Crippen molar-refractivity contribution in [2.45, 2.75) is 50.7 Å². The topological polar surface area (TPSA) is 52.3 Å². The zero-order chi connectivity index (χ0) is 10.7. The van der Waals surface area contributed by atoms with E-state index >= 15 is 0 Å². The summed E-state index contributed by atoms with van der Waals surface area (Å²) in [5.41, 5.74) is 5.70. The summed E-state index contributed by atoms with van der Waals surface area (Å²) in [7, 11) is 0. The van der Waals surface area contributed by atoms with Gasteiger partial charge in [0.25, 0.3) is 0 Å². The predicted molar refractivity (Wildman–Crippen MR) is 58.2 cm³/mol. The van der Waals surface area contributed by atoms with Gasteiger partial charge in [-0.05, 0) is 32.1 Å². The molecule has 2 aliphatic rings. The Balaban J connectivity index is 1.79. The highest BCUT2D eigenvalue weighted by Gasteiger charge is 2.26. The molecule has 0 saturated heterocycles. The van der Waals surface area contributed by atoms with E-state index < -0.39 is 0 Å². The Labute approximate surface area is 90.7 Å². The molecule has 0 heterocycles. The van der Waals surface area contributed by atoms with E-state index in [2.05, 4.69) is 0 Å². The third-order valence-corrected chi connectivity index (χ3v) is 3.25. The molecule has 0 amide bonds. The van der Waals surface area contributed by atoms with Crippen molar-refractivity contribution in [2.24, 2.45) is 11.7 Å². The summed E-state index contributed by atoms with van der Waals surface area (Å²) in [5, 5.41) is 0. The smallest absolute Gasteiger partial charge is 0.313 e. The number of carbonyl (C=O) groups is 1. The number of ether oxygens (including phenoxy) is 1. The second kappa shape index (κ2) is 4.79. The minimum absolute atomic E-state index is 0.0360. The van der Waals surface area contributed by atoms with Crippen LogP contribution in [0.1, 0.15) is 38.5 Å². The van der Waals surface area contributed by atoms with Gasteiger partial charge < -0.3 is 10.5 Å². The van der Waals surface area contributed by atoms with Crippen LogP contribution in [0.25, 0.3) is 0 Å². The molecule has 0 unspecified atom stereocenters. The highest BCUT2D eigenvalue weighted by atomic mass is 16.5. The van der Waals surface area contributed by atoms with Crippen LogP contribution in [0.4, 0.5) is 0 Å². The fraction of sp³-hybridized carbons (Fsp3) is 0.750. The van der Waals surface area contributed by atoms with Crippen molar-refractivity contribution in [2.75, 3.05) is 0 Å². The first-order valence-electron chi connectivity index (χ1n) is 5.90. The van der Waals surface area contributed by atoms with Crippen LogP contribution in [0.5, 0.6) is 0 Å². The SMILES string of the molecule is N[C@H]1C=C[C@@H](C(=O)OC2CCCCC2)C1. The molecule has 84 valence electrons. The molecule has 2 aliphatic carbocycles. The Hall–Kier alpha value is -0.830. The van der Waals surface area contributed by atoms with Crippen LogP contribution in [0.15, 0.2) is 12.2 Å². The molecule has 0 bridgehead atoms. The van der Waals surface area contributed by atoms with E-state index in [4.69, 9.17) is 10.5 Å². The van der Waals surface area contributed by atoms with Gasteiger partial charge in [0.1, 0.15) is 6.10 Å². The second-order valence-corrected chi connectivity index (χ2v) is 4.59. The highest BCUT2D eigenvalue weighted by molar-refractivity contribution is 5.75. The van der Waals surface area contributed by atoms with Crippen LogP contribution in [0, 0.1) is 5.92 Å². The lowest BCUT2D eigenvalue weighted by Gasteiger charge is -2.23. The first-order valence-corrected chi connectivity index (χ1v) is 5.90. The molecule has 1 saturated carbocycles. The van der Waals surface area contributed by atoms with Gasteiger partial charge in [-0.25, -0.2) is 0 Å². The molecule has 1 fully saturated rings. The van der Waals surface area contributed by atoms with Crippen molar-refractivity contribution < 1.29 is 9.53 Å². The standard InChI is InChI=1S/C12H19NO2/c13-10-7-6-9(8-10)12(14)15-11-4-2-1-3-5-11/h6-7,9-11H,1-5,8,13H2/t9-,10+/m1/s1. The van der Waals surface area contributed by atoms with E-state index in [0.29, 0.717) is 6.42 Å². The van der Waals surface area contributed by atoms with Crippen LogP contribution in [-0.4, -0.2) is 18.1 Å². The summed E-state index contributed by atoms with van der Waals surface area (Å²) in [6.07, 6.45) is 10.4. The average Bonchev–Trinajstić information content (AvgIpc) is 2.66. The highest BCUT2D eigenvalue weighted by Crippen LogP contribution is 2.24. The van der Waals surface area contributed by atoms with Crippen molar-refractivity contribution in [1.29, 1.82) is 0 Å². The molecule has 0 aliphatic heterocycles. The zero-order valence-electron chi connectivity index (χ0n) is 9.02. The molecule has 15 heavy (non-hydrogen) atoms. The number of esters is 1. The van der Waals surface area contributed by atoms with Crippen molar-refractivity contribution in [3.63, 3.8) is 0 Å². The zero-order valence-corrected chi connectivity index (χ0v) is 9.02. The number of hydrogen-bond donors (Lipinski definition) is 1. The Kier molecular flexibility index (Phi) is 3.41. The molecule has 0 radical (unpaired) electrons. The van der Waals surface area contributed by atoms with Gasteiger partial charge >= 0.3 is 5.97 Å². The Morgan fingerprint density at radius 3 is 2.53 bits per heavy atom. The van der Waals surface area contributed by atoms with Crippen molar-refractivity contribution >= 4 is 5.97 Å².